The highest BCUT2D eigenvalue weighted by molar-refractivity contribution is 5.78. The summed E-state index contributed by atoms with van der Waals surface area (Å²) < 4.78 is 0. The van der Waals surface area contributed by atoms with Crippen LogP contribution >= 0.6 is 0 Å². The maximum Gasteiger partial charge on any atom is 0.236 e. The van der Waals surface area contributed by atoms with Gasteiger partial charge in [0.15, 0.2) is 0 Å². The second-order valence-corrected chi connectivity index (χ2v) is 7.70. The Labute approximate surface area is 140 Å². The highest BCUT2D eigenvalue weighted by Gasteiger charge is 2.30. The first kappa shape index (κ1) is 16.5. The summed E-state index contributed by atoms with van der Waals surface area (Å²) in [4.78, 5) is 17.3. The molecule has 23 heavy (non-hydrogen) atoms. The van der Waals surface area contributed by atoms with Gasteiger partial charge in [-0.2, -0.15) is 0 Å². The number of carbonyl (C=O) groups excluding carboxylic acids is 1. The highest BCUT2D eigenvalue weighted by atomic mass is 16.2. The monoisotopic (exact) mass is 314 g/mol. The molecule has 0 saturated carbocycles. The van der Waals surface area contributed by atoms with Gasteiger partial charge in [-0.15, -0.1) is 0 Å². The van der Waals surface area contributed by atoms with Crippen LogP contribution in [0.25, 0.3) is 0 Å². The van der Waals surface area contributed by atoms with E-state index in [-0.39, 0.29) is 0 Å². The Hall–Kier alpha value is -1.35. The van der Waals surface area contributed by atoms with Crippen LogP contribution in [0.15, 0.2) is 30.3 Å². The normalized spacial score (nSPS) is 29.0. The van der Waals surface area contributed by atoms with Crippen molar-refractivity contribution in [2.45, 2.75) is 45.6 Å². The molecule has 1 aromatic carbocycles. The van der Waals surface area contributed by atoms with Crippen molar-refractivity contribution in [2.24, 2.45) is 11.8 Å². The molecular formula is C20H30N2O. The number of nitrogens with zero attached hydrogens (tertiary/aromatic N) is 2. The molecule has 0 aliphatic carbocycles. The minimum atomic E-state index is 0.336. The predicted molar refractivity (Wildman–Crippen MR) is 94.3 cm³/mol. The van der Waals surface area contributed by atoms with E-state index in [4.69, 9.17) is 0 Å². The van der Waals surface area contributed by atoms with Crippen molar-refractivity contribution in [2.75, 3.05) is 26.2 Å². The molecule has 126 valence electrons. The van der Waals surface area contributed by atoms with E-state index in [2.05, 4.69) is 54.0 Å². The number of rotatable bonds is 4. The highest BCUT2D eigenvalue weighted by Crippen LogP contribution is 2.24. The van der Waals surface area contributed by atoms with Gasteiger partial charge in [-0.3, -0.25) is 9.69 Å². The molecule has 0 bridgehead atoms. The van der Waals surface area contributed by atoms with Gasteiger partial charge in [0, 0.05) is 19.1 Å². The van der Waals surface area contributed by atoms with Crippen LogP contribution in [-0.4, -0.2) is 47.9 Å². The molecule has 1 amide bonds. The fourth-order valence-corrected chi connectivity index (χ4v) is 4.36. The molecule has 3 unspecified atom stereocenters. The first-order valence-electron chi connectivity index (χ1n) is 9.17. The van der Waals surface area contributed by atoms with Crippen LogP contribution in [0.1, 0.15) is 38.7 Å². The molecule has 2 heterocycles. The summed E-state index contributed by atoms with van der Waals surface area (Å²) in [6, 6.07) is 11.2. The third-order valence-corrected chi connectivity index (χ3v) is 5.37. The third kappa shape index (κ3) is 4.35. The Balaban J connectivity index is 1.56. The summed E-state index contributed by atoms with van der Waals surface area (Å²) in [5, 5.41) is 0. The molecule has 3 heteroatoms. The van der Waals surface area contributed by atoms with E-state index in [1.165, 1.54) is 24.8 Å². The number of piperidine rings is 1. The van der Waals surface area contributed by atoms with Crippen LogP contribution in [0, 0.1) is 11.8 Å². The SMILES string of the molecule is CC1CC(C)CN(C(=O)CN2CCCC2Cc2ccccc2)C1. The smallest absolute Gasteiger partial charge is 0.236 e. The van der Waals surface area contributed by atoms with Gasteiger partial charge in [0.2, 0.25) is 5.91 Å². The summed E-state index contributed by atoms with van der Waals surface area (Å²) in [6.07, 6.45) is 4.76. The van der Waals surface area contributed by atoms with Crippen molar-refractivity contribution in [3.63, 3.8) is 0 Å². The zero-order valence-electron chi connectivity index (χ0n) is 14.6. The molecule has 2 saturated heterocycles. The molecule has 3 rings (SSSR count). The molecule has 0 N–H and O–H groups in total. The molecule has 2 aliphatic heterocycles. The minimum Gasteiger partial charge on any atom is -0.341 e. The van der Waals surface area contributed by atoms with Crippen LogP contribution in [0.5, 0.6) is 0 Å². The van der Waals surface area contributed by atoms with Crippen molar-refractivity contribution in [3.8, 4) is 0 Å². The number of hydrogen-bond donors (Lipinski definition) is 0. The Morgan fingerprint density at radius 1 is 1.13 bits per heavy atom. The van der Waals surface area contributed by atoms with Crippen LogP contribution in [0.2, 0.25) is 0 Å². The van der Waals surface area contributed by atoms with E-state index in [1.807, 2.05) is 0 Å². The maximum atomic E-state index is 12.7. The van der Waals surface area contributed by atoms with Crippen molar-refractivity contribution in [1.29, 1.82) is 0 Å². The van der Waals surface area contributed by atoms with Gasteiger partial charge in [-0.1, -0.05) is 44.2 Å². The first-order chi connectivity index (χ1) is 11.1. The predicted octanol–water partition coefficient (Wildman–Crippen LogP) is 3.20. The average Bonchev–Trinajstić information content (AvgIpc) is 2.94. The van der Waals surface area contributed by atoms with E-state index >= 15 is 0 Å². The van der Waals surface area contributed by atoms with Gasteiger partial charge in [-0.05, 0) is 49.6 Å². The fourth-order valence-electron chi connectivity index (χ4n) is 4.36. The van der Waals surface area contributed by atoms with Crippen LogP contribution in [0.4, 0.5) is 0 Å². The Morgan fingerprint density at radius 2 is 1.83 bits per heavy atom. The summed E-state index contributed by atoms with van der Waals surface area (Å²) in [6.45, 7) is 8.11. The van der Waals surface area contributed by atoms with Crippen molar-refractivity contribution in [1.82, 2.24) is 9.80 Å². The molecule has 0 radical (unpaired) electrons. The van der Waals surface area contributed by atoms with Crippen LogP contribution in [-0.2, 0) is 11.2 Å². The summed E-state index contributed by atoms with van der Waals surface area (Å²) in [5.41, 5.74) is 1.39. The standard InChI is InChI=1S/C20H30N2O/c1-16-11-17(2)14-22(13-16)20(23)15-21-10-6-9-19(21)12-18-7-4-3-5-8-18/h3-5,7-8,16-17,19H,6,9-15H2,1-2H3. The molecule has 3 nitrogen and oxygen atoms in total. The third-order valence-electron chi connectivity index (χ3n) is 5.37. The average molecular weight is 314 g/mol. The van der Waals surface area contributed by atoms with Crippen molar-refractivity contribution < 1.29 is 4.79 Å². The molecule has 0 spiro atoms. The summed E-state index contributed by atoms with van der Waals surface area (Å²) >= 11 is 0. The molecule has 0 aromatic heterocycles. The van der Waals surface area contributed by atoms with Gasteiger partial charge in [0.1, 0.15) is 0 Å². The van der Waals surface area contributed by atoms with Crippen molar-refractivity contribution >= 4 is 5.91 Å². The second kappa shape index (κ2) is 7.48. The Morgan fingerprint density at radius 3 is 2.52 bits per heavy atom. The van der Waals surface area contributed by atoms with E-state index in [0.717, 1.165) is 26.1 Å². The molecular weight excluding hydrogens is 284 g/mol. The van der Waals surface area contributed by atoms with Gasteiger partial charge in [0.25, 0.3) is 0 Å². The summed E-state index contributed by atoms with van der Waals surface area (Å²) in [5.74, 6) is 1.62. The molecule has 1 aromatic rings. The topological polar surface area (TPSA) is 23.6 Å². The largest absolute Gasteiger partial charge is 0.341 e. The van der Waals surface area contributed by atoms with E-state index in [0.29, 0.717) is 30.3 Å². The van der Waals surface area contributed by atoms with Crippen molar-refractivity contribution in [3.05, 3.63) is 35.9 Å². The lowest BCUT2D eigenvalue weighted by molar-refractivity contribution is -0.135. The quantitative estimate of drug-likeness (QED) is 0.852. The number of benzene rings is 1. The zero-order chi connectivity index (χ0) is 16.2. The number of likely N-dealkylation sites (tertiary alicyclic amines) is 2. The van der Waals surface area contributed by atoms with Crippen LogP contribution in [0.3, 0.4) is 0 Å². The lowest BCUT2D eigenvalue weighted by Crippen LogP contribution is -2.48. The first-order valence-corrected chi connectivity index (χ1v) is 9.17. The van der Waals surface area contributed by atoms with E-state index < -0.39 is 0 Å². The lowest BCUT2D eigenvalue weighted by Gasteiger charge is -2.36. The minimum absolute atomic E-state index is 0.336. The van der Waals surface area contributed by atoms with Gasteiger partial charge in [-0.25, -0.2) is 0 Å². The second-order valence-electron chi connectivity index (χ2n) is 7.70. The Bertz CT molecular complexity index is 506. The van der Waals surface area contributed by atoms with Crippen LogP contribution < -0.4 is 0 Å². The van der Waals surface area contributed by atoms with E-state index in [1.54, 1.807) is 0 Å². The molecule has 2 fully saturated rings. The molecule has 3 atom stereocenters. The lowest BCUT2D eigenvalue weighted by atomic mass is 9.92. The molecule has 2 aliphatic rings. The fraction of sp³-hybridized carbons (Fsp3) is 0.650. The number of hydrogen-bond acceptors (Lipinski definition) is 2. The number of carbonyl (C=O) groups is 1. The zero-order valence-corrected chi connectivity index (χ0v) is 14.6. The summed E-state index contributed by atoms with van der Waals surface area (Å²) in [7, 11) is 0. The maximum absolute atomic E-state index is 12.7. The van der Waals surface area contributed by atoms with E-state index in [9.17, 15) is 4.79 Å². The number of amides is 1. The Kier molecular flexibility index (Phi) is 5.37. The van der Waals surface area contributed by atoms with Gasteiger partial charge >= 0.3 is 0 Å². The van der Waals surface area contributed by atoms with Gasteiger partial charge < -0.3 is 4.90 Å². The van der Waals surface area contributed by atoms with Gasteiger partial charge in [0.05, 0.1) is 6.54 Å².